The summed E-state index contributed by atoms with van der Waals surface area (Å²) in [5, 5.41) is -0.0955. The van der Waals surface area contributed by atoms with Crippen molar-refractivity contribution in [2.45, 2.75) is 59.5 Å². The molecule has 0 aliphatic rings. The predicted molar refractivity (Wildman–Crippen MR) is 104 cm³/mol. The van der Waals surface area contributed by atoms with E-state index < -0.39 is 13.2 Å². The van der Waals surface area contributed by atoms with Crippen LogP contribution in [0.2, 0.25) is 0 Å². The van der Waals surface area contributed by atoms with E-state index in [1.54, 1.807) is 19.1 Å². The van der Waals surface area contributed by atoms with Gasteiger partial charge >= 0.3 is 7.60 Å². The molecule has 0 radical (unpaired) electrons. The molecule has 8 heteroatoms. The summed E-state index contributed by atoms with van der Waals surface area (Å²) in [5.41, 5.74) is -0.00122. The van der Waals surface area contributed by atoms with Gasteiger partial charge in [-0.1, -0.05) is 20.8 Å². The highest BCUT2D eigenvalue weighted by Gasteiger charge is 2.24. The summed E-state index contributed by atoms with van der Waals surface area (Å²) in [7, 11) is -4.43. The lowest BCUT2D eigenvalue weighted by Crippen LogP contribution is -2.23. The number of benzene rings is 1. The number of aryl methyl sites for hydroxylation is 1. The van der Waals surface area contributed by atoms with E-state index in [1.165, 1.54) is 12.1 Å². The highest BCUT2D eigenvalue weighted by atomic mass is 31.2. The molecular weight excluding hydrogens is 367 g/mol. The van der Waals surface area contributed by atoms with E-state index in [4.69, 9.17) is 9.47 Å². The highest BCUT2D eigenvalue weighted by molar-refractivity contribution is 7.60. The predicted octanol–water partition coefficient (Wildman–Crippen LogP) is 3.86. The van der Waals surface area contributed by atoms with Gasteiger partial charge in [0.2, 0.25) is 11.8 Å². The first-order valence-electron chi connectivity index (χ1n) is 8.58. The first-order valence-corrected chi connectivity index (χ1v) is 10.2. The smallest absolute Gasteiger partial charge is 0.356 e. The molecule has 2 N–H and O–H groups in total. The summed E-state index contributed by atoms with van der Waals surface area (Å²) in [5.74, 6) is 1.37. The Balaban J connectivity index is 2.46. The van der Waals surface area contributed by atoms with Gasteiger partial charge < -0.3 is 19.3 Å². The van der Waals surface area contributed by atoms with Crippen LogP contribution in [-0.2, 0) is 9.98 Å². The molecule has 1 heterocycles. The van der Waals surface area contributed by atoms with Crippen molar-refractivity contribution in [3.8, 4) is 17.5 Å². The van der Waals surface area contributed by atoms with E-state index in [1.807, 2.05) is 41.5 Å². The Kier molecular flexibility index (Phi) is 5.71. The van der Waals surface area contributed by atoms with Crippen molar-refractivity contribution in [2.24, 2.45) is 0 Å². The largest absolute Gasteiger partial charge is 0.472 e. The number of aromatic nitrogens is 2. The van der Waals surface area contributed by atoms with Crippen molar-refractivity contribution in [1.82, 2.24) is 9.97 Å². The summed E-state index contributed by atoms with van der Waals surface area (Å²) >= 11 is 0. The second-order valence-electron chi connectivity index (χ2n) is 8.42. The van der Waals surface area contributed by atoms with Crippen molar-refractivity contribution in [1.29, 1.82) is 0 Å². The van der Waals surface area contributed by atoms with Crippen LogP contribution in [0.4, 0.5) is 0 Å². The van der Waals surface area contributed by atoms with Crippen LogP contribution in [-0.4, -0.2) is 25.4 Å². The maximum absolute atomic E-state index is 11.8. The molecule has 7 nitrogen and oxygen atoms in total. The quantitative estimate of drug-likeness (QED) is 0.759. The maximum Gasteiger partial charge on any atom is 0.356 e. The van der Waals surface area contributed by atoms with Gasteiger partial charge in [-0.15, -0.1) is 0 Å². The van der Waals surface area contributed by atoms with Crippen LogP contribution in [0, 0.1) is 6.92 Å². The third-order valence-corrected chi connectivity index (χ3v) is 4.45. The van der Waals surface area contributed by atoms with Gasteiger partial charge in [0.05, 0.1) is 11.4 Å². The van der Waals surface area contributed by atoms with E-state index in [0.29, 0.717) is 17.5 Å². The van der Waals surface area contributed by atoms with Gasteiger partial charge in [0.15, 0.2) is 0 Å². The summed E-state index contributed by atoms with van der Waals surface area (Å²) in [6, 6.07) is 6.14. The first-order chi connectivity index (χ1) is 12.1. The fraction of sp³-hybridized carbons (Fsp3) is 0.474. The normalized spacial score (nSPS) is 12.8. The molecule has 148 valence electrons. The molecule has 2 rings (SSSR count). The average molecular weight is 394 g/mol. The Labute approximate surface area is 159 Å². The summed E-state index contributed by atoms with van der Waals surface area (Å²) < 4.78 is 23.3. The van der Waals surface area contributed by atoms with E-state index in [0.717, 1.165) is 5.56 Å². The molecule has 0 aliphatic heterocycles. The molecule has 0 aliphatic carbocycles. The third kappa shape index (κ3) is 6.31. The molecule has 0 bridgehead atoms. The molecule has 0 amide bonds. The van der Waals surface area contributed by atoms with Gasteiger partial charge in [-0.2, -0.15) is 9.97 Å². The molecule has 0 saturated carbocycles. The number of rotatable bonds is 4. The van der Waals surface area contributed by atoms with Crippen LogP contribution >= 0.6 is 7.60 Å². The molecule has 0 unspecified atom stereocenters. The minimum atomic E-state index is -4.43. The molecule has 1 aromatic heterocycles. The summed E-state index contributed by atoms with van der Waals surface area (Å²) in [6.07, 6.45) is 0. The van der Waals surface area contributed by atoms with Crippen molar-refractivity contribution in [2.75, 3.05) is 0 Å². The zero-order valence-electron chi connectivity index (χ0n) is 16.8. The van der Waals surface area contributed by atoms with Crippen molar-refractivity contribution >= 4 is 12.9 Å². The van der Waals surface area contributed by atoms with Gasteiger partial charge in [0.25, 0.3) is 0 Å². The Morgan fingerprint density at radius 3 is 2.04 bits per heavy atom. The lowest BCUT2D eigenvalue weighted by molar-refractivity contribution is 0.123. The van der Waals surface area contributed by atoms with E-state index in [9.17, 15) is 14.4 Å². The van der Waals surface area contributed by atoms with Crippen LogP contribution in [0.5, 0.6) is 17.5 Å². The van der Waals surface area contributed by atoms with Crippen LogP contribution in [0.1, 0.15) is 52.9 Å². The van der Waals surface area contributed by atoms with Gasteiger partial charge in [0, 0.05) is 0 Å². The molecule has 0 saturated heterocycles. The van der Waals surface area contributed by atoms with E-state index in [2.05, 4.69) is 9.97 Å². The Morgan fingerprint density at radius 1 is 0.926 bits per heavy atom. The topological polar surface area (TPSA) is 102 Å². The molecule has 2 aromatic rings. The fourth-order valence-electron chi connectivity index (χ4n) is 2.30. The molecule has 0 spiro atoms. The van der Waals surface area contributed by atoms with Crippen LogP contribution in [0.25, 0.3) is 0 Å². The minimum absolute atomic E-state index is 0.0955. The zero-order chi connectivity index (χ0) is 20.6. The van der Waals surface area contributed by atoms with E-state index >= 15 is 0 Å². The summed E-state index contributed by atoms with van der Waals surface area (Å²) in [6.45, 7) is 13.3. The number of nitrogens with zero attached hydrogens (tertiary/aromatic N) is 2. The highest BCUT2D eigenvalue weighted by Crippen LogP contribution is 2.38. The number of hydrogen-bond acceptors (Lipinski definition) is 5. The van der Waals surface area contributed by atoms with Crippen molar-refractivity contribution in [3.63, 3.8) is 0 Å². The lowest BCUT2D eigenvalue weighted by atomic mass is 9.87. The molecule has 27 heavy (non-hydrogen) atoms. The standard InChI is InChI=1S/C19H27N2O5P/c1-12-20-16(11-17(21-12)26-19(5,6)7)25-14-8-13(18(2,3)4)9-15(10-14)27(22,23)24/h8-11H,1-7H3,(H2,22,23,24). The number of ether oxygens (including phenoxy) is 2. The van der Waals surface area contributed by atoms with E-state index in [-0.39, 0.29) is 16.6 Å². The van der Waals surface area contributed by atoms with Gasteiger partial charge in [0.1, 0.15) is 17.2 Å². The van der Waals surface area contributed by atoms with Gasteiger partial charge in [-0.05, 0) is 56.9 Å². The summed E-state index contributed by atoms with van der Waals surface area (Å²) in [4.78, 5) is 27.7. The fourth-order valence-corrected chi connectivity index (χ4v) is 2.90. The Bertz CT molecular complexity index is 879. The molecular formula is C19H27N2O5P. The Hall–Kier alpha value is -1.95. The zero-order valence-corrected chi connectivity index (χ0v) is 17.7. The molecule has 0 fully saturated rings. The van der Waals surface area contributed by atoms with Crippen LogP contribution < -0.4 is 14.8 Å². The molecule has 0 atom stereocenters. The third-order valence-electron chi connectivity index (χ3n) is 3.52. The minimum Gasteiger partial charge on any atom is -0.472 e. The Morgan fingerprint density at radius 2 is 1.52 bits per heavy atom. The van der Waals surface area contributed by atoms with Crippen molar-refractivity contribution in [3.05, 3.63) is 35.7 Å². The lowest BCUT2D eigenvalue weighted by Gasteiger charge is -2.22. The van der Waals surface area contributed by atoms with Gasteiger partial charge in [-0.3, -0.25) is 4.57 Å². The SMILES string of the molecule is Cc1nc(Oc2cc(C(C)(C)C)cc(P(=O)(O)O)c2)cc(OC(C)(C)C)n1. The second-order valence-corrected chi connectivity index (χ2v) is 10.0. The average Bonchev–Trinajstić information content (AvgIpc) is 2.42. The first kappa shape index (κ1) is 21.4. The van der Waals surface area contributed by atoms with Gasteiger partial charge in [-0.25, -0.2) is 0 Å². The van der Waals surface area contributed by atoms with Crippen molar-refractivity contribution < 1.29 is 23.8 Å². The maximum atomic E-state index is 11.8. The molecule has 1 aromatic carbocycles. The number of hydrogen-bond donors (Lipinski definition) is 2. The second kappa shape index (κ2) is 7.23. The monoisotopic (exact) mass is 394 g/mol. The van der Waals surface area contributed by atoms with Crippen LogP contribution in [0.3, 0.4) is 0 Å². The van der Waals surface area contributed by atoms with Crippen LogP contribution in [0.15, 0.2) is 24.3 Å².